The fraction of sp³-hybridized carbons (Fsp3) is 0.231. The largest absolute Gasteiger partial charge is 0.271 e. The molecule has 0 saturated carbocycles. The maximum Gasteiger partial charge on any atom is 0.215 e. The molecule has 0 atom stereocenters. The van der Waals surface area contributed by atoms with Gasteiger partial charge in [0, 0.05) is 18.9 Å². The van der Waals surface area contributed by atoms with Crippen LogP contribution in [0.1, 0.15) is 11.1 Å². The van der Waals surface area contributed by atoms with Crippen LogP contribution in [0.15, 0.2) is 42.7 Å². The third-order valence-electron chi connectivity index (χ3n) is 2.71. The van der Waals surface area contributed by atoms with E-state index in [9.17, 15) is 8.42 Å². The zero-order chi connectivity index (χ0) is 14.4. The second-order valence-corrected chi connectivity index (χ2v) is 6.00. The van der Waals surface area contributed by atoms with E-state index < -0.39 is 10.0 Å². The lowest BCUT2D eigenvalue weighted by Gasteiger charge is -2.08. The lowest BCUT2D eigenvalue weighted by atomic mass is 10.1. The molecule has 0 saturated heterocycles. The topological polar surface area (TPSA) is 87.8 Å². The van der Waals surface area contributed by atoms with E-state index in [1.807, 2.05) is 6.07 Å². The molecule has 0 bridgehead atoms. The van der Waals surface area contributed by atoms with Crippen molar-refractivity contribution in [2.45, 2.75) is 12.3 Å². The predicted octanol–water partition coefficient (Wildman–Crippen LogP) is 0.874. The summed E-state index contributed by atoms with van der Waals surface area (Å²) in [4.78, 5) is 0. The first-order valence-corrected chi connectivity index (χ1v) is 7.69. The lowest BCUT2D eigenvalue weighted by molar-refractivity contribution is 0.560. The number of nitrogens with zero attached hydrogens (tertiary/aromatic N) is 3. The first-order chi connectivity index (χ1) is 9.61. The van der Waals surface area contributed by atoms with E-state index in [0.29, 0.717) is 17.7 Å². The van der Waals surface area contributed by atoms with Crippen molar-refractivity contribution in [1.29, 1.82) is 5.26 Å². The number of hydrogen-bond donors (Lipinski definition) is 1. The number of sulfonamides is 1. The molecule has 0 spiro atoms. The van der Waals surface area contributed by atoms with Crippen LogP contribution in [0.4, 0.5) is 0 Å². The van der Waals surface area contributed by atoms with Gasteiger partial charge < -0.3 is 0 Å². The summed E-state index contributed by atoms with van der Waals surface area (Å²) >= 11 is 0. The zero-order valence-electron chi connectivity index (χ0n) is 10.7. The third kappa shape index (κ3) is 3.91. The molecule has 104 valence electrons. The van der Waals surface area contributed by atoms with Gasteiger partial charge in [-0.2, -0.15) is 10.4 Å². The van der Waals surface area contributed by atoms with Gasteiger partial charge in [-0.15, -0.1) is 0 Å². The SMILES string of the molecule is N#Cc1ccccc1CS(=O)(=O)NCCn1cccn1. The van der Waals surface area contributed by atoms with Gasteiger partial charge >= 0.3 is 0 Å². The Labute approximate surface area is 117 Å². The van der Waals surface area contributed by atoms with Gasteiger partial charge in [-0.05, 0) is 17.7 Å². The fourth-order valence-corrected chi connectivity index (χ4v) is 2.92. The van der Waals surface area contributed by atoms with Crippen molar-refractivity contribution in [1.82, 2.24) is 14.5 Å². The molecule has 0 fully saturated rings. The van der Waals surface area contributed by atoms with Crippen molar-refractivity contribution < 1.29 is 8.42 Å². The number of benzene rings is 1. The second-order valence-electron chi connectivity index (χ2n) is 4.19. The van der Waals surface area contributed by atoms with Crippen LogP contribution >= 0.6 is 0 Å². The second kappa shape index (κ2) is 6.32. The Bertz CT molecular complexity index is 702. The Kier molecular flexibility index (Phi) is 4.50. The van der Waals surface area contributed by atoms with Gasteiger partial charge in [0.05, 0.1) is 23.9 Å². The minimum atomic E-state index is -3.46. The highest BCUT2D eigenvalue weighted by atomic mass is 32.2. The van der Waals surface area contributed by atoms with Gasteiger partial charge in [-0.3, -0.25) is 4.68 Å². The molecule has 0 amide bonds. The minimum Gasteiger partial charge on any atom is -0.271 e. The Morgan fingerprint density at radius 1 is 1.30 bits per heavy atom. The molecular weight excluding hydrogens is 276 g/mol. The van der Waals surface area contributed by atoms with E-state index in [1.54, 1.807) is 47.4 Å². The lowest BCUT2D eigenvalue weighted by Crippen LogP contribution is -2.28. The monoisotopic (exact) mass is 290 g/mol. The van der Waals surface area contributed by atoms with Crippen molar-refractivity contribution in [3.05, 3.63) is 53.9 Å². The van der Waals surface area contributed by atoms with E-state index in [4.69, 9.17) is 5.26 Å². The average molecular weight is 290 g/mol. The molecule has 0 aliphatic rings. The van der Waals surface area contributed by atoms with Crippen molar-refractivity contribution in [3.63, 3.8) is 0 Å². The van der Waals surface area contributed by atoms with Gasteiger partial charge in [0.15, 0.2) is 0 Å². The zero-order valence-corrected chi connectivity index (χ0v) is 11.5. The highest BCUT2D eigenvalue weighted by Crippen LogP contribution is 2.10. The van der Waals surface area contributed by atoms with Crippen molar-refractivity contribution in [2.75, 3.05) is 6.54 Å². The van der Waals surface area contributed by atoms with E-state index in [0.717, 1.165) is 0 Å². The summed E-state index contributed by atoms with van der Waals surface area (Å²) in [6.07, 6.45) is 3.40. The van der Waals surface area contributed by atoms with Crippen LogP contribution in [0, 0.1) is 11.3 Å². The van der Waals surface area contributed by atoms with Gasteiger partial charge in [-0.1, -0.05) is 18.2 Å². The maximum atomic E-state index is 11.9. The molecule has 6 nitrogen and oxygen atoms in total. The molecule has 1 aromatic heterocycles. The average Bonchev–Trinajstić information content (AvgIpc) is 2.92. The van der Waals surface area contributed by atoms with Gasteiger partial charge in [0.1, 0.15) is 0 Å². The summed E-state index contributed by atoms with van der Waals surface area (Å²) in [5, 5.41) is 12.9. The van der Waals surface area contributed by atoms with Crippen LogP contribution < -0.4 is 4.72 Å². The van der Waals surface area contributed by atoms with Crippen LogP contribution in [0.25, 0.3) is 0 Å². The molecule has 0 radical (unpaired) electrons. The quantitative estimate of drug-likeness (QED) is 0.855. The van der Waals surface area contributed by atoms with Crippen LogP contribution in [0.3, 0.4) is 0 Å². The number of aromatic nitrogens is 2. The Hall–Kier alpha value is -2.17. The van der Waals surface area contributed by atoms with Crippen LogP contribution in [-0.2, 0) is 22.3 Å². The Morgan fingerprint density at radius 2 is 2.10 bits per heavy atom. The molecular formula is C13H14N4O2S. The summed E-state index contributed by atoms with van der Waals surface area (Å²) in [5.41, 5.74) is 0.881. The Morgan fingerprint density at radius 3 is 2.80 bits per heavy atom. The number of hydrogen-bond acceptors (Lipinski definition) is 4. The number of nitriles is 1. The van der Waals surface area contributed by atoms with Crippen molar-refractivity contribution in [3.8, 4) is 6.07 Å². The van der Waals surface area contributed by atoms with E-state index in [-0.39, 0.29) is 12.3 Å². The van der Waals surface area contributed by atoms with Crippen LogP contribution in [0.2, 0.25) is 0 Å². The molecule has 20 heavy (non-hydrogen) atoms. The van der Waals surface area contributed by atoms with Crippen LogP contribution in [-0.4, -0.2) is 24.7 Å². The summed E-state index contributed by atoms with van der Waals surface area (Å²) < 4.78 is 28.0. The first kappa shape index (κ1) is 14.2. The van der Waals surface area contributed by atoms with E-state index in [2.05, 4.69) is 9.82 Å². The highest BCUT2D eigenvalue weighted by Gasteiger charge is 2.13. The molecule has 1 heterocycles. The summed E-state index contributed by atoms with van der Waals surface area (Å²) in [6.45, 7) is 0.727. The van der Waals surface area contributed by atoms with Gasteiger partial charge in [0.2, 0.25) is 10.0 Å². The molecule has 2 aromatic rings. The number of nitrogens with one attached hydrogen (secondary N) is 1. The Balaban J connectivity index is 1.95. The molecule has 7 heteroatoms. The highest BCUT2D eigenvalue weighted by molar-refractivity contribution is 7.88. The summed E-state index contributed by atoms with van der Waals surface area (Å²) in [5.74, 6) is -0.199. The minimum absolute atomic E-state index is 0.199. The summed E-state index contributed by atoms with van der Waals surface area (Å²) in [7, 11) is -3.46. The molecule has 1 aromatic carbocycles. The standard InChI is InChI=1S/C13H14N4O2S/c14-10-12-4-1-2-5-13(12)11-20(18,19)16-7-9-17-8-3-6-15-17/h1-6,8,16H,7,9,11H2. The molecule has 0 aliphatic carbocycles. The fourth-order valence-electron chi connectivity index (χ4n) is 1.76. The van der Waals surface area contributed by atoms with Crippen molar-refractivity contribution >= 4 is 10.0 Å². The van der Waals surface area contributed by atoms with Gasteiger partial charge in [0.25, 0.3) is 0 Å². The number of rotatable bonds is 6. The van der Waals surface area contributed by atoms with Crippen molar-refractivity contribution in [2.24, 2.45) is 0 Å². The molecule has 0 unspecified atom stereocenters. The van der Waals surface area contributed by atoms with Gasteiger partial charge in [-0.25, -0.2) is 13.1 Å². The normalized spacial score (nSPS) is 11.2. The summed E-state index contributed by atoms with van der Waals surface area (Å²) in [6, 6.07) is 10.4. The third-order valence-corrected chi connectivity index (χ3v) is 4.04. The van der Waals surface area contributed by atoms with E-state index in [1.165, 1.54) is 0 Å². The molecule has 1 N–H and O–H groups in total. The smallest absolute Gasteiger partial charge is 0.215 e. The molecule has 0 aliphatic heterocycles. The molecule has 2 rings (SSSR count). The first-order valence-electron chi connectivity index (χ1n) is 6.03. The predicted molar refractivity (Wildman–Crippen MR) is 74.0 cm³/mol. The van der Waals surface area contributed by atoms with E-state index >= 15 is 0 Å². The maximum absolute atomic E-state index is 11.9. The van der Waals surface area contributed by atoms with Crippen LogP contribution in [0.5, 0.6) is 0 Å².